The molecule has 0 bridgehead atoms. The Hall–Kier alpha value is -3.38. The van der Waals surface area contributed by atoms with Gasteiger partial charge in [-0.15, -0.1) is 0 Å². The Morgan fingerprint density at radius 1 is 0.935 bits per heavy atom. The van der Waals surface area contributed by atoms with Gasteiger partial charge in [-0.3, -0.25) is 4.79 Å². The van der Waals surface area contributed by atoms with Crippen LogP contribution in [0.3, 0.4) is 0 Å². The minimum absolute atomic E-state index is 0.0538. The molecule has 0 saturated heterocycles. The van der Waals surface area contributed by atoms with E-state index >= 15 is 0 Å². The summed E-state index contributed by atoms with van der Waals surface area (Å²) in [6.45, 7) is 2.11. The minimum atomic E-state index is -3.70. The normalized spacial score (nSPS) is 15.9. The van der Waals surface area contributed by atoms with Gasteiger partial charge in [-0.2, -0.15) is 0 Å². The van der Waals surface area contributed by atoms with Crippen molar-refractivity contribution >= 4 is 32.3 Å². The molecule has 5 nitrogen and oxygen atoms in total. The lowest BCUT2D eigenvalue weighted by atomic mass is 10.1. The van der Waals surface area contributed by atoms with E-state index in [0.29, 0.717) is 5.39 Å². The molecule has 2 heterocycles. The van der Waals surface area contributed by atoms with Crippen LogP contribution in [0.4, 0.5) is 5.69 Å². The SMILES string of the molecule is CC1Cc2ccccc2N1C(=O)Cn1cc(S(=O)(=O)c2ccccc2)c2ccccc21. The number of nitrogens with zero attached hydrogens (tertiary/aromatic N) is 2. The summed E-state index contributed by atoms with van der Waals surface area (Å²) in [6.07, 6.45) is 2.42. The lowest BCUT2D eigenvalue weighted by Crippen LogP contribution is -2.37. The predicted octanol–water partition coefficient (Wildman–Crippen LogP) is 4.45. The molecule has 1 atom stereocenters. The molecule has 0 saturated carbocycles. The van der Waals surface area contributed by atoms with E-state index in [4.69, 9.17) is 0 Å². The first-order valence-corrected chi connectivity index (χ1v) is 11.7. The number of hydrogen-bond donors (Lipinski definition) is 0. The number of para-hydroxylation sites is 2. The molecule has 0 fully saturated rings. The van der Waals surface area contributed by atoms with Gasteiger partial charge in [0.15, 0.2) is 0 Å². The van der Waals surface area contributed by atoms with Gasteiger partial charge in [-0.1, -0.05) is 54.6 Å². The zero-order valence-corrected chi connectivity index (χ0v) is 17.9. The van der Waals surface area contributed by atoms with Crippen molar-refractivity contribution in [2.75, 3.05) is 4.90 Å². The first-order chi connectivity index (χ1) is 15.0. The fraction of sp³-hybridized carbons (Fsp3) is 0.160. The quantitative estimate of drug-likeness (QED) is 0.481. The van der Waals surface area contributed by atoms with Crippen LogP contribution in [-0.2, 0) is 27.6 Å². The molecule has 1 amide bonds. The summed E-state index contributed by atoms with van der Waals surface area (Å²) >= 11 is 0. The highest BCUT2D eigenvalue weighted by Gasteiger charge is 2.31. The number of hydrogen-bond acceptors (Lipinski definition) is 3. The topological polar surface area (TPSA) is 59.4 Å². The number of amides is 1. The maximum Gasteiger partial charge on any atom is 0.247 e. The molecule has 1 aliphatic heterocycles. The Morgan fingerprint density at radius 2 is 1.61 bits per heavy atom. The number of fused-ring (bicyclic) bond motifs is 2. The standard InChI is InChI=1S/C25H22N2O3S/c1-18-15-19-9-5-7-13-22(19)27(18)25(28)17-26-16-24(21-12-6-8-14-23(21)26)31(29,30)20-10-3-2-4-11-20/h2-14,16,18H,15,17H2,1H3. The van der Waals surface area contributed by atoms with Gasteiger partial charge in [0.05, 0.1) is 9.79 Å². The molecule has 4 aromatic rings. The Kier molecular flexibility index (Phi) is 4.67. The molecule has 5 rings (SSSR count). The number of rotatable bonds is 4. The van der Waals surface area contributed by atoms with E-state index in [2.05, 4.69) is 6.07 Å². The minimum Gasteiger partial charge on any atom is -0.337 e. The lowest BCUT2D eigenvalue weighted by molar-refractivity contribution is -0.119. The van der Waals surface area contributed by atoms with Gasteiger partial charge in [-0.05, 0) is 43.2 Å². The summed E-state index contributed by atoms with van der Waals surface area (Å²) in [6, 6.07) is 23.7. The summed E-state index contributed by atoms with van der Waals surface area (Å²) in [5, 5.41) is 0.619. The summed E-state index contributed by atoms with van der Waals surface area (Å²) in [7, 11) is -3.70. The zero-order valence-electron chi connectivity index (χ0n) is 17.1. The molecule has 0 N–H and O–H groups in total. The average molecular weight is 431 g/mol. The molecule has 6 heteroatoms. The van der Waals surface area contributed by atoms with Crippen molar-refractivity contribution in [2.24, 2.45) is 0 Å². The average Bonchev–Trinajstić information content (AvgIpc) is 3.32. The van der Waals surface area contributed by atoms with E-state index in [-0.39, 0.29) is 28.3 Å². The lowest BCUT2D eigenvalue weighted by Gasteiger charge is -2.23. The van der Waals surface area contributed by atoms with Gasteiger partial charge in [0.1, 0.15) is 6.54 Å². The Bertz CT molecular complexity index is 1390. The van der Waals surface area contributed by atoms with Gasteiger partial charge in [0, 0.05) is 28.8 Å². The largest absolute Gasteiger partial charge is 0.337 e. The van der Waals surface area contributed by atoms with Crippen LogP contribution in [0.1, 0.15) is 12.5 Å². The summed E-state index contributed by atoms with van der Waals surface area (Å²) < 4.78 is 28.4. The molecule has 0 aliphatic carbocycles. The third kappa shape index (κ3) is 3.24. The second-order valence-corrected chi connectivity index (χ2v) is 9.82. The van der Waals surface area contributed by atoms with Crippen LogP contribution in [0.15, 0.2) is 94.9 Å². The van der Waals surface area contributed by atoms with Crippen molar-refractivity contribution in [1.29, 1.82) is 0 Å². The Morgan fingerprint density at radius 3 is 2.42 bits per heavy atom. The molecule has 1 aliphatic rings. The van der Waals surface area contributed by atoms with E-state index in [9.17, 15) is 13.2 Å². The van der Waals surface area contributed by atoms with E-state index in [1.165, 1.54) is 0 Å². The number of sulfone groups is 1. The van der Waals surface area contributed by atoms with Crippen molar-refractivity contribution in [3.8, 4) is 0 Å². The van der Waals surface area contributed by atoms with Crippen molar-refractivity contribution in [3.63, 3.8) is 0 Å². The van der Waals surface area contributed by atoms with Crippen LogP contribution in [0.5, 0.6) is 0 Å². The molecular weight excluding hydrogens is 408 g/mol. The number of aromatic nitrogens is 1. The third-order valence-electron chi connectivity index (χ3n) is 5.88. The second-order valence-electron chi connectivity index (χ2n) is 7.90. The van der Waals surface area contributed by atoms with Crippen LogP contribution < -0.4 is 4.90 Å². The van der Waals surface area contributed by atoms with Crippen molar-refractivity contribution in [2.45, 2.75) is 35.7 Å². The number of carbonyl (C=O) groups excluding carboxylic acids is 1. The van der Waals surface area contributed by atoms with Crippen LogP contribution in [0, 0.1) is 0 Å². The second kappa shape index (κ2) is 7.39. The smallest absolute Gasteiger partial charge is 0.247 e. The van der Waals surface area contributed by atoms with Gasteiger partial charge in [-0.25, -0.2) is 8.42 Å². The summed E-state index contributed by atoms with van der Waals surface area (Å²) in [5.41, 5.74) is 2.83. The highest BCUT2D eigenvalue weighted by molar-refractivity contribution is 7.91. The highest BCUT2D eigenvalue weighted by atomic mass is 32.2. The maximum atomic E-state index is 13.3. The first kappa shape index (κ1) is 19.6. The van der Waals surface area contributed by atoms with Gasteiger partial charge in [0.25, 0.3) is 0 Å². The zero-order chi connectivity index (χ0) is 21.6. The van der Waals surface area contributed by atoms with Gasteiger partial charge < -0.3 is 9.47 Å². The fourth-order valence-electron chi connectivity index (χ4n) is 4.45. The van der Waals surface area contributed by atoms with Crippen LogP contribution in [0.2, 0.25) is 0 Å². The highest BCUT2D eigenvalue weighted by Crippen LogP contribution is 2.33. The van der Waals surface area contributed by atoms with Crippen molar-refractivity contribution in [3.05, 3.63) is 90.6 Å². The maximum absolute atomic E-state index is 13.3. The van der Waals surface area contributed by atoms with Crippen LogP contribution >= 0.6 is 0 Å². The monoisotopic (exact) mass is 430 g/mol. The van der Waals surface area contributed by atoms with Crippen LogP contribution in [0.25, 0.3) is 10.9 Å². The first-order valence-electron chi connectivity index (χ1n) is 10.2. The van der Waals surface area contributed by atoms with Crippen molar-refractivity contribution in [1.82, 2.24) is 4.57 Å². The van der Waals surface area contributed by atoms with Gasteiger partial charge in [0.2, 0.25) is 15.7 Å². The molecule has 0 spiro atoms. The van der Waals surface area contributed by atoms with E-state index in [1.54, 1.807) is 47.2 Å². The van der Waals surface area contributed by atoms with Crippen LogP contribution in [-0.4, -0.2) is 24.9 Å². The van der Waals surface area contributed by atoms with E-state index in [1.807, 2.05) is 48.2 Å². The molecule has 1 unspecified atom stereocenters. The predicted molar refractivity (Wildman–Crippen MR) is 121 cm³/mol. The number of benzene rings is 3. The molecule has 156 valence electrons. The van der Waals surface area contributed by atoms with E-state index < -0.39 is 9.84 Å². The molecule has 31 heavy (non-hydrogen) atoms. The number of anilines is 1. The van der Waals surface area contributed by atoms with Crippen molar-refractivity contribution < 1.29 is 13.2 Å². The Balaban J connectivity index is 1.56. The van der Waals surface area contributed by atoms with E-state index in [0.717, 1.165) is 23.2 Å². The third-order valence-corrected chi connectivity index (χ3v) is 7.67. The fourth-order valence-corrected chi connectivity index (χ4v) is 5.95. The summed E-state index contributed by atoms with van der Waals surface area (Å²) in [4.78, 5) is 15.6. The molecule has 1 aromatic heterocycles. The number of carbonyl (C=O) groups is 1. The van der Waals surface area contributed by atoms with Gasteiger partial charge >= 0.3 is 0 Å². The molecular formula is C25H22N2O3S. The Labute approximate surface area is 181 Å². The molecule has 3 aromatic carbocycles. The molecule has 0 radical (unpaired) electrons. The summed E-state index contributed by atoms with van der Waals surface area (Å²) in [5.74, 6) is -0.0538.